The van der Waals surface area contributed by atoms with Gasteiger partial charge in [0, 0.05) is 26.1 Å². The molecule has 0 aliphatic carbocycles. The van der Waals surface area contributed by atoms with Crippen LogP contribution >= 0.6 is 11.8 Å². The fourth-order valence-corrected chi connectivity index (χ4v) is 3.50. The van der Waals surface area contributed by atoms with Crippen LogP contribution in [0.1, 0.15) is 44.1 Å². The largest absolute Gasteiger partial charge is 0.357 e. The number of guanidine groups is 1. The second kappa shape index (κ2) is 11.7. The fraction of sp³-hybridized carbons (Fsp3) is 0.571. The van der Waals surface area contributed by atoms with E-state index in [-0.39, 0.29) is 0 Å². The summed E-state index contributed by atoms with van der Waals surface area (Å²) in [5.41, 5.74) is 2.49. The van der Waals surface area contributed by atoms with Crippen molar-refractivity contribution in [3.8, 4) is 0 Å². The number of benzene rings is 1. The first-order chi connectivity index (χ1) is 13.5. The van der Waals surface area contributed by atoms with Crippen molar-refractivity contribution in [2.75, 3.05) is 19.3 Å². The Hall–Kier alpha value is -2.02. The number of hydrogen-bond acceptors (Lipinski definition) is 4. The van der Waals surface area contributed by atoms with Gasteiger partial charge >= 0.3 is 0 Å². The van der Waals surface area contributed by atoms with Crippen LogP contribution in [-0.4, -0.2) is 40.1 Å². The van der Waals surface area contributed by atoms with Gasteiger partial charge in [-0.2, -0.15) is 0 Å². The summed E-state index contributed by atoms with van der Waals surface area (Å²) in [4.78, 5) is 4.70. The van der Waals surface area contributed by atoms with Crippen molar-refractivity contribution in [3.05, 3.63) is 41.2 Å². The average molecular weight is 403 g/mol. The molecule has 0 spiro atoms. The van der Waals surface area contributed by atoms with Gasteiger partial charge in [0.15, 0.2) is 11.1 Å². The molecule has 0 radical (unpaired) electrons. The SMILES string of the molecule is CCNC(=NCc1cccc(C)c1)NCCCc1nnc(SC)n1CC(C)C. The summed E-state index contributed by atoms with van der Waals surface area (Å²) in [7, 11) is 0. The lowest BCUT2D eigenvalue weighted by atomic mass is 10.1. The highest BCUT2D eigenvalue weighted by Crippen LogP contribution is 2.16. The number of nitrogens with one attached hydrogen (secondary N) is 2. The summed E-state index contributed by atoms with van der Waals surface area (Å²) in [6.45, 7) is 12.0. The first-order valence-electron chi connectivity index (χ1n) is 10.1. The Balaban J connectivity index is 1.87. The van der Waals surface area contributed by atoms with Gasteiger partial charge in [-0.05, 0) is 38.0 Å². The third-order valence-electron chi connectivity index (χ3n) is 4.24. The third kappa shape index (κ3) is 7.19. The van der Waals surface area contributed by atoms with E-state index in [1.807, 2.05) is 0 Å². The second-order valence-corrected chi connectivity index (χ2v) is 8.10. The predicted molar refractivity (Wildman–Crippen MR) is 119 cm³/mol. The molecule has 2 N–H and O–H groups in total. The molecule has 0 bridgehead atoms. The zero-order valence-electron chi connectivity index (χ0n) is 17.8. The smallest absolute Gasteiger partial charge is 0.191 e. The van der Waals surface area contributed by atoms with Crippen LogP contribution in [0.25, 0.3) is 0 Å². The van der Waals surface area contributed by atoms with E-state index in [0.29, 0.717) is 12.5 Å². The number of aliphatic imine (C=N–C) groups is 1. The van der Waals surface area contributed by atoms with Gasteiger partial charge in [-0.1, -0.05) is 55.4 Å². The molecule has 2 rings (SSSR count). The Kier molecular flexibility index (Phi) is 9.34. The summed E-state index contributed by atoms with van der Waals surface area (Å²) in [5, 5.41) is 16.5. The van der Waals surface area contributed by atoms with E-state index >= 15 is 0 Å². The molecular formula is C21H34N6S. The standard InChI is InChI=1S/C21H34N6S/c1-6-22-20(24-14-18-10-7-9-17(4)13-18)23-12-8-11-19-25-26-21(28-5)27(19)15-16(2)3/h7,9-10,13,16H,6,8,11-12,14-15H2,1-5H3,(H2,22,23,24). The third-order valence-corrected chi connectivity index (χ3v) is 4.91. The van der Waals surface area contributed by atoms with Gasteiger partial charge in [-0.15, -0.1) is 10.2 Å². The zero-order valence-corrected chi connectivity index (χ0v) is 18.6. The Labute approximate surface area is 173 Å². The van der Waals surface area contributed by atoms with Crippen LogP contribution in [0.4, 0.5) is 0 Å². The van der Waals surface area contributed by atoms with Crippen LogP contribution in [0.2, 0.25) is 0 Å². The lowest BCUT2D eigenvalue weighted by molar-refractivity contribution is 0.477. The summed E-state index contributed by atoms with van der Waals surface area (Å²) in [5.74, 6) is 2.51. The molecule has 28 heavy (non-hydrogen) atoms. The molecule has 0 atom stereocenters. The lowest BCUT2D eigenvalue weighted by Crippen LogP contribution is -2.37. The van der Waals surface area contributed by atoms with Crippen molar-refractivity contribution < 1.29 is 0 Å². The van der Waals surface area contributed by atoms with Crippen molar-refractivity contribution in [1.29, 1.82) is 0 Å². The van der Waals surface area contributed by atoms with Crippen molar-refractivity contribution >= 4 is 17.7 Å². The molecule has 154 valence electrons. The fourth-order valence-electron chi connectivity index (χ4n) is 2.98. The van der Waals surface area contributed by atoms with Crippen molar-refractivity contribution in [2.45, 2.75) is 58.8 Å². The average Bonchev–Trinajstić information content (AvgIpc) is 3.04. The van der Waals surface area contributed by atoms with E-state index in [1.54, 1.807) is 11.8 Å². The summed E-state index contributed by atoms with van der Waals surface area (Å²) < 4.78 is 2.26. The van der Waals surface area contributed by atoms with E-state index in [0.717, 1.165) is 49.4 Å². The molecule has 6 nitrogen and oxygen atoms in total. The molecule has 0 fully saturated rings. The first kappa shape index (κ1) is 22.3. The molecule has 0 saturated carbocycles. The molecule has 1 heterocycles. The summed E-state index contributed by atoms with van der Waals surface area (Å²) >= 11 is 1.66. The van der Waals surface area contributed by atoms with Gasteiger partial charge in [0.1, 0.15) is 5.82 Å². The highest BCUT2D eigenvalue weighted by atomic mass is 32.2. The number of hydrogen-bond donors (Lipinski definition) is 2. The van der Waals surface area contributed by atoms with Gasteiger partial charge in [-0.3, -0.25) is 0 Å². The Morgan fingerprint density at radius 2 is 2.07 bits per heavy atom. The molecular weight excluding hydrogens is 368 g/mol. The van der Waals surface area contributed by atoms with Gasteiger partial charge in [0.2, 0.25) is 0 Å². The second-order valence-electron chi connectivity index (χ2n) is 7.32. The lowest BCUT2D eigenvalue weighted by Gasteiger charge is -2.13. The Bertz CT molecular complexity index is 753. The maximum absolute atomic E-state index is 4.70. The van der Waals surface area contributed by atoms with Crippen LogP contribution < -0.4 is 10.6 Å². The van der Waals surface area contributed by atoms with E-state index < -0.39 is 0 Å². The predicted octanol–water partition coefficient (Wildman–Crippen LogP) is 3.65. The Morgan fingerprint density at radius 1 is 1.25 bits per heavy atom. The summed E-state index contributed by atoms with van der Waals surface area (Å²) in [6.07, 6.45) is 3.95. The van der Waals surface area contributed by atoms with Gasteiger partial charge in [0.25, 0.3) is 0 Å². The quantitative estimate of drug-likeness (QED) is 0.275. The van der Waals surface area contributed by atoms with Crippen molar-refractivity contribution in [2.24, 2.45) is 10.9 Å². The topological polar surface area (TPSA) is 67.1 Å². The van der Waals surface area contributed by atoms with Crippen LogP contribution in [0.3, 0.4) is 0 Å². The molecule has 1 aromatic heterocycles. The van der Waals surface area contributed by atoms with E-state index in [1.165, 1.54) is 11.1 Å². The van der Waals surface area contributed by atoms with E-state index in [2.05, 4.69) is 83.6 Å². The van der Waals surface area contributed by atoms with Crippen LogP contribution in [0.5, 0.6) is 0 Å². The normalized spacial score (nSPS) is 11.9. The maximum Gasteiger partial charge on any atom is 0.191 e. The summed E-state index contributed by atoms with van der Waals surface area (Å²) in [6, 6.07) is 8.48. The highest BCUT2D eigenvalue weighted by Gasteiger charge is 2.12. The van der Waals surface area contributed by atoms with Crippen LogP contribution in [0, 0.1) is 12.8 Å². The molecule has 2 aromatic rings. The molecule has 1 aromatic carbocycles. The number of rotatable bonds is 10. The van der Waals surface area contributed by atoms with Gasteiger partial charge in [0.05, 0.1) is 6.54 Å². The number of thioether (sulfide) groups is 1. The van der Waals surface area contributed by atoms with Crippen LogP contribution in [0.15, 0.2) is 34.4 Å². The monoisotopic (exact) mass is 402 g/mol. The van der Waals surface area contributed by atoms with Crippen molar-refractivity contribution in [3.63, 3.8) is 0 Å². The van der Waals surface area contributed by atoms with Gasteiger partial charge < -0.3 is 15.2 Å². The zero-order chi connectivity index (χ0) is 20.4. The maximum atomic E-state index is 4.70. The molecule has 0 aliphatic rings. The van der Waals surface area contributed by atoms with Crippen LogP contribution in [-0.2, 0) is 19.5 Å². The van der Waals surface area contributed by atoms with Crippen molar-refractivity contribution in [1.82, 2.24) is 25.4 Å². The minimum absolute atomic E-state index is 0.577. The molecule has 0 saturated heterocycles. The minimum Gasteiger partial charge on any atom is -0.357 e. The Morgan fingerprint density at radius 3 is 2.75 bits per heavy atom. The molecule has 0 unspecified atom stereocenters. The molecule has 0 amide bonds. The molecule has 0 aliphatic heterocycles. The first-order valence-corrected chi connectivity index (χ1v) is 11.3. The minimum atomic E-state index is 0.577. The number of aromatic nitrogens is 3. The number of aryl methyl sites for hydroxylation is 2. The highest BCUT2D eigenvalue weighted by molar-refractivity contribution is 7.98. The van der Waals surface area contributed by atoms with Gasteiger partial charge in [-0.25, -0.2) is 4.99 Å². The number of nitrogens with zero attached hydrogens (tertiary/aromatic N) is 4. The molecule has 7 heteroatoms. The van der Waals surface area contributed by atoms with E-state index in [9.17, 15) is 0 Å². The van der Waals surface area contributed by atoms with E-state index in [4.69, 9.17) is 4.99 Å².